The van der Waals surface area contributed by atoms with Crippen LogP contribution in [0, 0.1) is 0 Å². The zero-order valence-corrected chi connectivity index (χ0v) is 12.8. The first-order valence-electron chi connectivity index (χ1n) is 6.83. The Hall–Kier alpha value is -1.35. The molecule has 106 valence electrons. The molecule has 0 unspecified atom stereocenters. The quantitative estimate of drug-likeness (QED) is 0.872. The molecule has 0 amide bonds. The fourth-order valence-electron chi connectivity index (χ4n) is 2.24. The molecule has 0 saturated carbocycles. The molecule has 0 fully saturated rings. The molecule has 2 nitrogen and oxygen atoms in total. The fraction of sp³-hybridized carbons (Fsp3) is 0.294. The van der Waals surface area contributed by atoms with Gasteiger partial charge in [-0.3, -0.25) is 4.90 Å². The van der Waals surface area contributed by atoms with Crippen LogP contribution in [0.2, 0.25) is 5.02 Å². The van der Waals surface area contributed by atoms with E-state index in [0.717, 1.165) is 24.7 Å². The SMILES string of the molecule is CNCc1ccc(CN(C)Cc2ccc(Cl)cc2)cc1. The Morgan fingerprint density at radius 1 is 0.850 bits per heavy atom. The van der Waals surface area contributed by atoms with Crippen LogP contribution in [-0.2, 0) is 19.6 Å². The second-order valence-electron chi connectivity index (χ2n) is 5.15. The molecule has 3 heteroatoms. The van der Waals surface area contributed by atoms with Crippen LogP contribution in [0.25, 0.3) is 0 Å². The number of hydrogen-bond donors (Lipinski definition) is 1. The van der Waals surface area contributed by atoms with Gasteiger partial charge in [0.05, 0.1) is 0 Å². The van der Waals surface area contributed by atoms with Gasteiger partial charge in [-0.2, -0.15) is 0 Å². The highest BCUT2D eigenvalue weighted by Crippen LogP contribution is 2.13. The minimum Gasteiger partial charge on any atom is -0.316 e. The third-order valence-electron chi connectivity index (χ3n) is 3.22. The largest absolute Gasteiger partial charge is 0.316 e. The molecule has 0 heterocycles. The van der Waals surface area contributed by atoms with Crippen molar-refractivity contribution in [3.63, 3.8) is 0 Å². The van der Waals surface area contributed by atoms with E-state index in [4.69, 9.17) is 11.6 Å². The lowest BCUT2D eigenvalue weighted by Gasteiger charge is -2.17. The summed E-state index contributed by atoms with van der Waals surface area (Å²) < 4.78 is 0. The van der Waals surface area contributed by atoms with E-state index < -0.39 is 0 Å². The molecule has 0 aliphatic heterocycles. The smallest absolute Gasteiger partial charge is 0.0406 e. The van der Waals surface area contributed by atoms with Crippen LogP contribution < -0.4 is 5.32 Å². The molecule has 0 bridgehead atoms. The van der Waals surface area contributed by atoms with Gasteiger partial charge in [-0.25, -0.2) is 0 Å². The summed E-state index contributed by atoms with van der Waals surface area (Å²) in [5.41, 5.74) is 3.93. The van der Waals surface area contributed by atoms with Crippen molar-refractivity contribution in [1.82, 2.24) is 10.2 Å². The highest BCUT2D eigenvalue weighted by atomic mass is 35.5. The predicted octanol–water partition coefficient (Wildman–Crippen LogP) is 3.69. The third kappa shape index (κ3) is 4.64. The summed E-state index contributed by atoms with van der Waals surface area (Å²) in [6.07, 6.45) is 0. The Balaban J connectivity index is 1.90. The number of nitrogens with zero attached hydrogens (tertiary/aromatic N) is 1. The van der Waals surface area contributed by atoms with Crippen molar-refractivity contribution in [2.75, 3.05) is 14.1 Å². The first-order valence-corrected chi connectivity index (χ1v) is 7.20. The minimum atomic E-state index is 0.788. The van der Waals surface area contributed by atoms with Crippen molar-refractivity contribution in [2.45, 2.75) is 19.6 Å². The highest BCUT2D eigenvalue weighted by Gasteiger charge is 2.02. The lowest BCUT2D eigenvalue weighted by Crippen LogP contribution is -2.17. The van der Waals surface area contributed by atoms with E-state index in [9.17, 15) is 0 Å². The van der Waals surface area contributed by atoms with E-state index in [1.807, 2.05) is 19.2 Å². The van der Waals surface area contributed by atoms with E-state index >= 15 is 0 Å². The van der Waals surface area contributed by atoms with Crippen LogP contribution in [0.5, 0.6) is 0 Å². The zero-order valence-electron chi connectivity index (χ0n) is 12.1. The molecule has 1 N–H and O–H groups in total. The maximum absolute atomic E-state index is 5.90. The van der Waals surface area contributed by atoms with Crippen LogP contribution in [0.3, 0.4) is 0 Å². The highest BCUT2D eigenvalue weighted by molar-refractivity contribution is 6.30. The lowest BCUT2D eigenvalue weighted by atomic mass is 10.1. The Labute approximate surface area is 126 Å². The van der Waals surface area contributed by atoms with Gasteiger partial charge in [-0.1, -0.05) is 48.0 Å². The standard InChI is InChI=1S/C17H21ClN2/c1-19-11-14-3-5-15(6-4-14)12-20(2)13-16-7-9-17(18)10-8-16/h3-10,19H,11-13H2,1-2H3. The van der Waals surface area contributed by atoms with Crippen LogP contribution in [0.4, 0.5) is 0 Å². The summed E-state index contributed by atoms with van der Waals surface area (Å²) in [6.45, 7) is 2.79. The number of benzene rings is 2. The van der Waals surface area contributed by atoms with Crippen LogP contribution in [0.1, 0.15) is 16.7 Å². The van der Waals surface area contributed by atoms with E-state index in [1.165, 1.54) is 16.7 Å². The number of rotatable bonds is 6. The summed E-state index contributed by atoms with van der Waals surface area (Å²) in [4.78, 5) is 2.30. The minimum absolute atomic E-state index is 0.788. The van der Waals surface area contributed by atoms with Gasteiger partial charge in [-0.05, 0) is 42.9 Å². The zero-order chi connectivity index (χ0) is 14.4. The summed E-state index contributed by atoms with van der Waals surface area (Å²) in [5.74, 6) is 0. The molecule has 0 radical (unpaired) electrons. The van der Waals surface area contributed by atoms with Crippen LogP contribution >= 0.6 is 11.6 Å². The summed E-state index contributed by atoms with van der Waals surface area (Å²) >= 11 is 5.90. The van der Waals surface area contributed by atoms with Crippen LogP contribution in [0.15, 0.2) is 48.5 Å². The van der Waals surface area contributed by atoms with Crippen molar-refractivity contribution < 1.29 is 0 Å². The number of nitrogens with one attached hydrogen (secondary N) is 1. The molecule has 2 rings (SSSR count). The molecule has 0 saturated heterocycles. The molecule has 20 heavy (non-hydrogen) atoms. The molecule has 2 aromatic carbocycles. The number of hydrogen-bond acceptors (Lipinski definition) is 2. The normalized spacial score (nSPS) is 11.0. The summed E-state index contributed by atoms with van der Waals surface area (Å²) in [6, 6.07) is 16.8. The van der Waals surface area contributed by atoms with Gasteiger partial charge in [0, 0.05) is 24.7 Å². The van der Waals surface area contributed by atoms with Gasteiger partial charge in [-0.15, -0.1) is 0 Å². The molecule has 0 aliphatic carbocycles. The Kier molecular flexibility index (Phi) is 5.60. The summed E-state index contributed by atoms with van der Waals surface area (Å²) in [5, 5.41) is 3.95. The molecule has 0 spiro atoms. The third-order valence-corrected chi connectivity index (χ3v) is 3.47. The molecular weight excluding hydrogens is 268 g/mol. The van der Waals surface area contributed by atoms with Crippen LogP contribution in [-0.4, -0.2) is 19.0 Å². The van der Waals surface area contributed by atoms with Crippen molar-refractivity contribution in [2.24, 2.45) is 0 Å². The maximum atomic E-state index is 5.90. The van der Waals surface area contributed by atoms with Crippen molar-refractivity contribution in [1.29, 1.82) is 0 Å². The van der Waals surface area contributed by atoms with E-state index in [2.05, 4.69) is 53.7 Å². The van der Waals surface area contributed by atoms with Gasteiger partial charge in [0.15, 0.2) is 0 Å². The molecule has 0 aliphatic rings. The topological polar surface area (TPSA) is 15.3 Å². The van der Waals surface area contributed by atoms with Crippen molar-refractivity contribution in [3.8, 4) is 0 Å². The maximum Gasteiger partial charge on any atom is 0.0406 e. The Morgan fingerprint density at radius 3 is 1.80 bits per heavy atom. The second kappa shape index (κ2) is 7.44. The van der Waals surface area contributed by atoms with Gasteiger partial charge in [0.25, 0.3) is 0 Å². The molecule has 2 aromatic rings. The van der Waals surface area contributed by atoms with Crippen molar-refractivity contribution >= 4 is 11.6 Å². The monoisotopic (exact) mass is 288 g/mol. The summed E-state index contributed by atoms with van der Waals surface area (Å²) in [7, 11) is 4.10. The first kappa shape index (κ1) is 15.0. The van der Waals surface area contributed by atoms with Gasteiger partial charge >= 0.3 is 0 Å². The van der Waals surface area contributed by atoms with E-state index in [1.54, 1.807) is 0 Å². The van der Waals surface area contributed by atoms with Gasteiger partial charge in [0.1, 0.15) is 0 Å². The second-order valence-corrected chi connectivity index (χ2v) is 5.58. The van der Waals surface area contributed by atoms with E-state index in [0.29, 0.717) is 0 Å². The Morgan fingerprint density at radius 2 is 1.30 bits per heavy atom. The molecular formula is C17H21ClN2. The molecule has 0 atom stereocenters. The fourth-order valence-corrected chi connectivity index (χ4v) is 2.36. The predicted molar refractivity (Wildman–Crippen MR) is 85.8 cm³/mol. The molecule has 0 aromatic heterocycles. The van der Waals surface area contributed by atoms with E-state index in [-0.39, 0.29) is 0 Å². The number of halogens is 1. The van der Waals surface area contributed by atoms with Crippen molar-refractivity contribution in [3.05, 3.63) is 70.2 Å². The van der Waals surface area contributed by atoms with Gasteiger partial charge in [0.2, 0.25) is 0 Å². The Bertz CT molecular complexity index is 520. The first-order chi connectivity index (χ1) is 9.67. The lowest BCUT2D eigenvalue weighted by molar-refractivity contribution is 0.319. The average molecular weight is 289 g/mol. The van der Waals surface area contributed by atoms with Gasteiger partial charge < -0.3 is 5.32 Å². The average Bonchev–Trinajstić information content (AvgIpc) is 2.44.